The Labute approximate surface area is 197 Å². The molecule has 1 saturated heterocycles. The van der Waals surface area contributed by atoms with Gasteiger partial charge in [-0.3, -0.25) is 4.79 Å². The van der Waals surface area contributed by atoms with Gasteiger partial charge in [-0.2, -0.15) is 23.4 Å². The number of amides is 1. The second kappa shape index (κ2) is 9.19. The van der Waals surface area contributed by atoms with Gasteiger partial charge in [0.25, 0.3) is 11.8 Å². The molecule has 0 radical (unpaired) electrons. The average molecular weight is 495 g/mol. The quantitative estimate of drug-likeness (QED) is 0.539. The highest BCUT2D eigenvalue weighted by atomic mass is 19.4. The molecule has 3 aromatic rings. The Morgan fingerprint density at radius 1 is 1.17 bits per heavy atom. The molecule has 4 rings (SSSR count). The number of halogens is 5. The smallest absolute Gasteiger partial charge is 0.368 e. The van der Waals surface area contributed by atoms with Crippen molar-refractivity contribution >= 4 is 11.7 Å². The number of piperidine rings is 1. The summed E-state index contributed by atoms with van der Waals surface area (Å²) in [6.45, 7) is 2.44. The van der Waals surface area contributed by atoms with E-state index in [9.17, 15) is 26.7 Å². The van der Waals surface area contributed by atoms with Crippen molar-refractivity contribution < 1.29 is 26.7 Å². The van der Waals surface area contributed by atoms with Crippen LogP contribution in [0.3, 0.4) is 0 Å². The van der Waals surface area contributed by atoms with Crippen molar-refractivity contribution in [2.45, 2.75) is 38.4 Å². The zero-order valence-electron chi connectivity index (χ0n) is 18.8. The topological polar surface area (TPSA) is 88.8 Å². The van der Waals surface area contributed by atoms with Gasteiger partial charge in [-0.05, 0) is 37.1 Å². The van der Waals surface area contributed by atoms with Crippen LogP contribution in [0.4, 0.5) is 27.8 Å². The van der Waals surface area contributed by atoms with Gasteiger partial charge in [-0.15, -0.1) is 4.80 Å². The minimum atomic E-state index is -4.53. The maximum absolute atomic E-state index is 14.5. The van der Waals surface area contributed by atoms with Crippen molar-refractivity contribution in [3.8, 4) is 5.69 Å². The Hall–Kier alpha value is -3.64. The summed E-state index contributed by atoms with van der Waals surface area (Å²) in [6.07, 6.45) is -1.47. The van der Waals surface area contributed by atoms with E-state index in [1.165, 1.54) is 17.2 Å². The van der Waals surface area contributed by atoms with Crippen LogP contribution in [0.15, 0.2) is 42.9 Å². The number of rotatable bonds is 5. The molecular weight excluding hydrogens is 473 g/mol. The van der Waals surface area contributed by atoms with Gasteiger partial charge in [0.15, 0.2) is 5.69 Å². The summed E-state index contributed by atoms with van der Waals surface area (Å²) in [6, 6.07) is 4.56. The predicted octanol–water partition coefficient (Wildman–Crippen LogP) is 3.98. The Balaban J connectivity index is 1.61. The first kappa shape index (κ1) is 24.5. The van der Waals surface area contributed by atoms with Crippen LogP contribution in [0.2, 0.25) is 0 Å². The number of pyridine rings is 2. The van der Waals surface area contributed by atoms with Crippen LogP contribution in [0.5, 0.6) is 0 Å². The third-order valence-corrected chi connectivity index (χ3v) is 5.77. The molecule has 0 aromatic carbocycles. The summed E-state index contributed by atoms with van der Waals surface area (Å²) >= 11 is 0. The van der Waals surface area contributed by atoms with E-state index in [1.807, 2.05) is 0 Å². The molecule has 0 aliphatic carbocycles. The second-order valence-corrected chi connectivity index (χ2v) is 8.49. The molecule has 0 bridgehead atoms. The van der Waals surface area contributed by atoms with Crippen LogP contribution in [0, 0.1) is 12.8 Å². The molecule has 35 heavy (non-hydrogen) atoms. The van der Waals surface area contributed by atoms with E-state index < -0.39 is 48.5 Å². The van der Waals surface area contributed by atoms with Crippen molar-refractivity contribution in [1.29, 1.82) is 0 Å². The molecule has 0 spiro atoms. The van der Waals surface area contributed by atoms with Gasteiger partial charge in [0.05, 0.1) is 30.5 Å². The van der Waals surface area contributed by atoms with E-state index in [1.54, 1.807) is 26.0 Å². The summed E-state index contributed by atoms with van der Waals surface area (Å²) < 4.78 is 67.5. The first-order valence-corrected chi connectivity index (χ1v) is 10.7. The zero-order valence-corrected chi connectivity index (χ0v) is 18.8. The van der Waals surface area contributed by atoms with Gasteiger partial charge in [-0.1, -0.05) is 6.92 Å². The molecule has 1 aliphatic heterocycles. The normalized spacial score (nSPS) is 20.0. The Morgan fingerprint density at radius 2 is 1.89 bits per heavy atom. The van der Waals surface area contributed by atoms with Crippen molar-refractivity contribution in [2.75, 3.05) is 18.4 Å². The van der Waals surface area contributed by atoms with Gasteiger partial charge < -0.3 is 10.2 Å². The van der Waals surface area contributed by atoms with Gasteiger partial charge >= 0.3 is 6.18 Å². The van der Waals surface area contributed by atoms with E-state index in [0.717, 1.165) is 17.0 Å². The lowest BCUT2D eigenvalue weighted by molar-refractivity contribution is -0.137. The fourth-order valence-electron chi connectivity index (χ4n) is 4.10. The SMILES string of the molecule is Cc1ccc(-n2nccn2)c(C(=O)N2CC(F)(F)C[C@@H](C)C2CNc2ccc(C(F)(F)F)cn2)n1. The van der Waals surface area contributed by atoms with Crippen molar-refractivity contribution in [1.82, 2.24) is 29.9 Å². The number of alkyl halides is 5. The summed E-state index contributed by atoms with van der Waals surface area (Å²) in [5.74, 6) is -4.34. The fourth-order valence-corrected chi connectivity index (χ4v) is 4.10. The van der Waals surface area contributed by atoms with E-state index in [4.69, 9.17) is 0 Å². The van der Waals surface area contributed by atoms with Gasteiger partial charge in [0, 0.05) is 24.9 Å². The highest BCUT2D eigenvalue weighted by Crippen LogP contribution is 2.36. The molecule has 13 heteroatoms. The van der Waals surface area contributed by atoms with E-state index in [2.05, 4.69) is 25.5 Å². The molecule has 1 aliphatic rings. The number of aromatic nitrogens is 5. The van der Waals surface area contributed by atoms with E-state index >= 15 is 0 Å². The number of anilines is 1. The highest BCUT2D eigenvalue weighted by Gasteiger charge is 2.46. The Bertz CT molecular complexity index is 1180. The monoisotopic (exact) mass is 495 g/mol. The van der Waals surface area contributed by atoms with E-state index in [0.29, 0.717) is 11.9 Å². The molecule has 8 nitrogen and oxygen atoms in total. The third-order valence-electron chi connectivity index (χ3n) is 5.77. The number of aryl methyl sites for hydroxylation is 1. The number of carbonyl (C=O) groups excluding carboxylic acids is 1. The molecule has 3 aromatic heterocycles. The van der Waals surface area contributed by atoms with Crippen molar-refractivity contribution in [3.63, 3.8) is 0 Å². The fraction of sp³-hybridized carbons (Fsp3) is 0.409. The molecule has 1 fully saturated rings. The largest absolute Gasteiger partial charge is 0.417 e. The average Bonchev–Trinajstić information content (AvgIpc) is 3.31. The van der Waals surface area contributed by atoms with Crippen LogP contribution in [-0.2, 0) is 6.18 Å². The maximum Gasteiger partial charge on any atom is 0.417 e. The lowest BCUT2D eigenvalue weighted by Crippen LogP contribution is -2.57. The third kappa shape index (κ3) is 5.38. The first-order valence-electron chi connectivity index (χ1n) is 10.7. The predicted molar refractivity (Wildman–Crippen MR) is 115 cm³/mol. The molecular formula is C22H22F5N7O. The molecule has 1 unspecified atom stereocenters. The van der Waals surface area contributed by atoms with Crippen molar-refractivity contribution in [2.24, 2.45) is 5.92 Å². The van der Waals surface area contributed by atoms with Crippen LogP contribution < -0.4 is 5.32 Å². The molecule has 186 valence electrons. The minimum absolute atomic E-state index is 0.00250. The Kier molecular flexibility index (Phi) is 6.43. The second-order valence-electron chi connectivity index (χ2n) is 8.49. The highest BCUT2D eigenvalue weighted by molar-refractivity contribution is 5.96. The number of likely N-dealkylation sites (tertiary alicyclic amines) is 1. The van der Waals surface area contributed by atoms with Crippen molar-refractivity contribution in [3.05, 3.63) is 59.8 Å². The molecule has 1 amide bonds. The van der Waals surface area contributed by atoms with Crippen LogP contribution >= 0.6 is 0 Å². The van der Waals surface area contributed by atoms with Gasteiger partial charge in [0.1, 0.15) is 11.5 Å². The number of hydrogen-bond acceptors (Lipinski definition) is 6. The minimum Gasteiger partial charge on any atom is -0.368 e. The number of carbonyl (C=O) groups is 1. The summed E-state index contributed by atoms with van der Waals surface area (Å²) in [5.41, 5.74) is -0.243. The molecule has 1 N–H and O–H groups in total. The lowest BCUT2D eigenvalue weighted by atomic mass is 9.88. The Morgan fingerprint density at radius 3 is 2.51 bits per heavy atom. The summed E-state index contributed by atoms with van der Waals surface area (Å²) in [4.78, 5) is 23.9. The summed E-state index contributed by atoms with van der Waals surface area (Å²) in [5, 5.41) is 10.9. The first-order chi connectivity index (χ1) is 16.4. The standard InChI is InChI=1S/C22H22F5N7O/c1-13-9-21(23,24)12-33(17(13)11-29-18-6-4-15(10-28-18)22(25,26)27)20(35)19-16(5-3-14(2)32-19)34-30-7-8-31-34/h3-8,10,13,17H,9,11-12H2,1-2H3,(H,28,29)/t13-,17?/m1/s1. The summed E-state index contributed by atoms with van der Waals surface area (Å²) in [7, 11) is 0. The van der Waals surface area contributed by atoms with Crippen LogP contribution in [-0.4, -0.2) is 60.8 Å². The van der Waals surface area contributed by atoms with Gasteiger partial charge in [0.2, 0.25) is 0 Å². The zero-order chi connectivity index (χ0) is 25.4. The number of nitrogens with zero attached hydrogens (tertiary/aromatic N) is 6. The van der Waals surface area contributed by atoms with E-state index in [-0.39, 0.29) is 23.7 Å². The number of hydrogen-bond donors (Lipinski definition) is 1. The molecule has 2 atom stereocenters. The number of nitrogens with one attached hydrogen (secondary N) is 1. The van der Waals surface area contributed by atoms with Crippen LogP contribution in [0.25, 0.3) is 5.69 Å². The lowest BCUT2D eigenvalue weighted by Gasteiger charge is -2.43. The molecule has 4 heterocycles. The molecule has 0 saturated carbocycles. The maximum atomic E-state index is 14.5. The van der Waals surface area contributed by atoms with Crippen LogP contribution in [0.1, 0.15) is 35.1 Å². The van der Waals surface area contributed by atoms with Gasteiger partial charge in [-0.25, -0.2) is 18.7 Å².